The molecule has 7 nitrogen and oxygen atoms in total. The highest BCUT2D eigenvalue weighted by molar-refractivity contribution is 5.59. The molecule has 1 aliphatic rings. The Morgan fingerprint density at radius 2 is 2.38 bits per heavy atom. The van der Waals surface area contributed by atoms with Crippen molar-refractivity contribution < 1.29 is 4.92 Å². The van der Waals surface area contributed by atoms with Crippen LogP contribution in [0, 0.1) is 10.1 Å². The van der Waals surface area contributed by atoms with Gasteiger partial charge in [-0.25, -0.2) is 4.98 Å². The molecule has 0 radical (unpaired) electrons. The minimum absolute atomic E-state index is 0.0692. The molecule has 2 N–H and O–H groups in total. The first kappa shape index (κ1) is 10.6. The lowest BCUT2D eigenvalue weighted by Gasteiger charge is -2.20. The average Bonchev–Trinajstić information content (AvgIpc) is 3.03. The Kier molecular flexibility index (Phi) is 2.59. The topological polar surface area (TPSA) is 98.2 Å². The molecular formula is C9H13N5O2. The van der Waals surface area contributed by atoms with E-state index in [-0.39, 0.29) is 11.6 Å². The van der Waals surface area contributed by atoms with E-state index in [1.54, 1.807) is 0 Å². The van der Waals surface area contributed by atoms with Crippen molar-refractivity contribution in [3.63, 3.8) is 0 Å². The summed E-state index contributed by atoms with van der Waals surface area (Å²) in [6, 6.07) is 0.359. The van der Waals surface area contributed by atoms with Crippen LogP contribution in [0.4, 0.5) is 17.5 Å². The highest BCUT2D eigenvalue weighted by Crippen LogP contribution is 2.34. The van der Waals surface area contributed by atoms with Crippen LogP contribution in [-0.2, 0) is 0 Å². The molecule has 1 saturated carbocycles. The quantitative estimate of drug-likeness (QED) is 0.602. The Morgan fingerprint density at radius 3 is 2.88 bits per heavy atom. The minimum Gasteiger partial charge on any atom is -0.368 e. The van der Waals surface area contributed by atoms with Gasteiger partial charge in [-0.2, -0.15) is 4.98 Å². The number of hydrogen-bond donors (Lipinski definition) is 1. The first-order valence-corrected chi connectivity index (χ1v) is 5.17. The molecule has 1 aromatic rings. The van der Waals surface area contributed by atoms with Gasteiger partial charge in [0.25, 0.3) is 0 Å². The molecular weight excluding hydrogens is 210 g/mol. The van der Waals surface area contributed by atoms with Gasteiger partial charge in [-0.05, 0) is 19.8 Å². The van der Waals surface area contributed by atoms with Crippen LogP contribution < -0.4 is 10.6 Å². The van der Waals surface area contributed by atoms with E-state index in [1.165, 1.54) is 6.20 Å². The lowest BCUT2D eigenvalue weighted by molar-refractivity contribution is -0.384. The molecule has 0 spiro atoms. The van der Waals surface area contributed by atoms with E-state index in [0.717, 1.165) is 12.8 Å². The summed E-state index contributed by atoms with van der Waals surface area (Å²) in [7, 11) is 0. The summed E-state index contributed by atoms with van der Waals surface area (Å²) in [6.45, 7) is 2.63. The number of nitrogens with zero attached hydrogens (tertiary/aromatic N) is 4. The maximum Gasteiger partial charge on any atom is 0.329 e. The fourth-order valence-corrected chi connectivity index (χ4v) is 1.69. The zero-order chi connectivity index (χ0) is 11.7. The summed E-state index contributed by atoms with van der Waals surface area (Å²) in [5.41, 5.74) is 5.39. The third-order valence-electron chi connectivity index (χ3n) is 2.57. The molecule has 2 rings (SSSR count). The van der Waals surface area contributed by atoms with E-state index in [2.05, 4.69) is 9.97 Å². The molecule has 1 aromatic heterocycles. The van der Waals surface area contributed by atoms with Crippen molar-refractivity contribution in [3.05, 3.63) is 16.3 Å². The molecule has 0 aromatic carbocycles. The Morgan fingerprint density at radius 1 is 1.69 bits per heavy atom. The zero-order valence-corrected chi connectivity index (χ0v) is 8.96. The van der Waals surface area contributed by atoms with Gasteiger partial charge in [0.15, 0.2) is 0 Å². The van der Waals surface area contributed by atoms with Crippen LogP contribution in [0.25, 0.3) is 0 Å². The second-order valence-electron chi connectivity index (χ2n) is 3.71. The molecule has 0 unspecified atom stereocenters. The van der Waals surface area contributed by atoms with Crippen molar-refractivity contribution >= 4 is 17.5 Å². The Balaban J connectivity index is 2.42. The number of nitro groups is 1. The summed E-state index contributed by atoms with van der Waals surface area (Å²) in [6.07, 6.45) is 3.27. The monoisotopic (exact) mass is 223 g/mol. The summed E-state index contributed by atoms with van der Waals surface area (Å²) >= 11 is 0. The maximum absolute atomic E-state index is 10.9. The molecule has 0 amide bonds. The van der Waals surface area contributed by atoms with E-state index >= 15 is 0 Å². The molecule has 1 heterocycles. The van der Waals surface area contributed by atoms with Gasteiger partial charge in [0, 0.05) is 12.6 Å². The molecule has 0 bridgehead atoms. The predicted octanol–water partition coefficient (Wildman–Crippen LogP) is 0.956. The fraction of sp³-hybridized carbons (Fsp3) is 0.556. The number of anilines is 2. The van der Waals surface area contributed by atoms with E-state index in [1.807, 2.05) is 11.8 Å². The molecule has 0 saturated heterocycles. The van der Waals surface area contributed by atoms with E-state index < -0.39 is 4.92 Å². The number of hydrogen-bond acceptors (Lipinski definition) is 6. The number of nitrogens with two attached hydrogens (primary N) is 1. The van der Waals surface area contributed by atoms with Crippen molar-refractivity contribution in [1.29, 1.82) is 0 Å². The van der Waals surface area contributed by atoms with E-state index in [0.29, 0.717) is 18.4 Å². The van der Waals surface area contributed by atoms with Gasteiger partial charge >= 0.3 is 5.69 Å². The molecule has 86 valence electrons. The molecule has 0 aliphatic heterocycles. The van der Waals surface area contributed by atoms with Gasteiger partial charge in [-0.15, -0.1) is 0 Å². The number of nitrogen functional groups attached to an aromatic ring is 1. The molecule has 16 heavy (non-hydrogen) atoms. The third-order valence-corrected chi connectivity index (χ3v) is 2.57. The molecule has 1 aliphatic carbocycles. The summed E-state index contributed by atoms with van der Waals surface area (Å²) in [4.78, 5) is 19.9. The van der Waals surface area contributed by atoms with Crippen LogP contribution in [0.5, 0.6) is 0 Å². The lowest BCUT2D eigenvalue weighted by Crippen LogP contribution is -2.27. The third kappa shape index (κ3) is 1.88. The van der Waals surface area contributed by atoms with Crippen LogP contribution >= 0.6 is 0 Å². The fourth-order valence-electron chi connectivity index (χ4n) is 1.69. The Bertz CT molecular complexity index is 418. The maximum atomic E-state index is 10.9. The van der Waals surface area contributed by atoms with Crippen LogP contribution in [0.3, 0.4) is 0 Å². The van der Waals surface area contributed by atoms with Gasteiger partial charge in [0.2, 0.25) is 11.8 Å². The van der Waals surface area contributed by atoms with Gasteiger partial charge in [-0.1, -0.05) is 0 Å². The minimum atomic E-state index is -0.472. The van der Waals surface area contributed by atoms with Crippen LogP contribution in [0.1, 0.15) is 19.8 Å². The van der Waals surface area contributed by atoms with E-state index in [9.17, 15) is 10.1 Å². The summed E-state index contributed by atoms with van der Waals surface area (Å²) in [5, 5.41) is 10.9. The van der Waals surface area contributed by atoms with Crippen LogP contribution in [-0.4, -0.2) is 27.5 Å². The summed E-state index contributed by atoms with van der Waals surface area (Å²) in [5.74, 6) is 0.405. The first-order valence-electron chi connectivity index (χ1n) is 5.17. The van der Waals surface area contributed by atoms with Gasteiger partial charge < -0.3 is 10.6 Å². The molecule has 7 heteroatoms. The molecule has 0 atom stereocenters. The van der Waals surface area contributed by atoms with E-state index in [4.69, 9.17) is 5.73 Å². The van der Waals surface area contributed by atoms with Gasteiger partial charge in [0.1, 0.15) is 6.20 Å². The van der Waals surface area contributed by atoms with Crippen LogP contribution in [0.2, 0.25) is 0 Å². The number of aromatic nitrogens is 2. The van der Waals surface area contributed by atoms with Crippen molar-refractivity contribution in [2.24, 2.45) is 0 Å². The van der Waals surface area contributed by atoms with Gasteiger partial charge in [0.05, 0.1) is 4.92 Å². The van der Waals surface area contributed by atoms with Crippen molar-refractivity contribution in [3.8, 4) is 0 Å². The second-order valence-corrected chi connectivity index (χ2v) is 3.71. The van der Waals surface area contributed by atoms with Crippen molar-refractivity contribution in [2.75, 3.05) is 17.2 Å². The Labute approximate surface area is 92.4 Å². The second kappa shape index (κ2) is 3.92. The smallest absolute Gasteiger partial charge is 0.329 e. The highest BCUT2D eigenvalue weighted by Gasteiger charge is 2.33. The predicted molar refractivity (Wildman–Crippen MR) is 59.1 cm³/mol. The highest BCUT2D eigenvalue weighted by atomic mass is 16.6. The standard InChI is InChI=1S/C9H13N5O2/c1-2-13(6-3-4-6)8-7(14(15)16)5-11-9(10)12-8/h5-6H,2-4H2,1H3,(H2,10,11,12). The lowest BCUT2D eigenvalue weighted by atomic mass is 10.4. The summed E-state index contributed by atoms with van der Waals surface area (Å²) < 4.78 is 0. The van der Waals surface area contributed by atoms with Crippen molar-refractivity contribution in [1.82, 2.24) is 9.97 Å². The largest absolute Gasteiger partial charge is 0.368 e. The van der Waals surface area contributed by atoms with Crippen molar-refractivity contribution in [2.45, 2.75) is 25.8 Å². The first-order chi connectivity index (χ1) is 7.63. The average molecular weight is 223 g/mol. The molecule has 1 fully saturated rings. The number of rotatable bonds is 4. The zero-order valence-electron chi connectivity index (χ0n) is 8.96. The Hall–Kier alpha value is -1.92. The van der Waals surface area contributed by atoms with Gasteiger partial charge in [-0.3, -0.25) is 10.1 Å². The normalized spacial score (nSPS) is 14.8. The van der Waals surface area contributed by atoms with Crippen LogP contribution in [0.15, 0.2) is 6.20 Å². The SMILES string of the molecule is CCN(c1nc(N)ncc1[N+](=O)[O-])C1CC1.